The molecule has 3 rings (SSSR count). The molecule has 2 aromatic rings. The molecule has 3 N–H and O–H groups in total. The Bertz CT molecular complexity index is 875. The largest absolute Gasteiger partial charge is 0.361 e. The van der Waals surface area contributed by atoms with Crippen molar-refractivity contribution in [2.75, 3.05) is 5.32 Å². The Morgan fingerprint density at radius 1 is 1.25 bits per heavy atom. The highest BCUT2D eigenvalue weighted by Gasteiger charge is 2.36. The minimum absolute atomic E-state index is 0.207. The smallest absolute Gasteiger partial charge is 0.244 e. The van der Waals surface area contributed by atoms with Crippen molar-refractivity contribution >= 4 is 40.6 Å². The zero-order chi connectivity index (χ0) is 17.3. The Balaban J connectivity index is 1.84. The molecule has 0 bridgehead atoms. The summed E-state index contributed by atoms with van der Waals surface area (Å²) in [6.07, 6.45) is 0. The fourth-order valence-corrected chi connectivity index (χ4v) is 2.95. The second-order valence-corrected chi connectivity index (χ2v) is 6.12. The van der Waals surface area contributed by atoms with Gasteiger partial charge in [-0.2, -0.15) is 5.26 Å². The van der Waals surface area contributed by atoms with Crippen molar-refractivity contribution in [3.8, 4) is 6.07 Å². The number of nitrogens with one attached hydrogen (secondary N) is 3. The normalized spacial score (nSPS) is 16.7. The molecule has 5 nitrogen and oxygen atoms in total. The van der Waals surface area contributed by atoms with E-state index in [1.165, 1.54) is 6.07 Å². The van der Waals surface area contributed by atoms with Crippen LogP contribution in [0.3, 0.4) is 0 Å². The van der Waals surface area contributed by atoms with Crippen LogP contribution in [0, 0.1) is 22.7 Å². The molecule has 0 fully saturated rings. The van der Waals surface area contributed by atoms with E-state index in [1.54, 1.807) is 18.2 Å². The standard InChI is InChI=1S/C17H12Cl2N4O/c18-13-6-5-9(7-14(13)19)22-17(24)12(8-20)15-10-3-1-2-4-11(10)16(21)23-15/h1-7,12,15H,(H2,21,23)(H,22,24). The molecule has 120 valence electrons. The first kappa shape index (κ1) is 16.3. The van der Waals surface area contributed by atoms with Crippen LogP contribution in [0.4, 0.5) is 5.69 Å². The van der Waals surface area contributed by atoms with Crippen molar-refractivity contribution in [3.05, 3.63) is 63.6 Å². The van der Waals surface area contributed by atoms with Gasteiger partial charge < -0.3 is 10.6 Å². The molecular weight excluding hydrogens is 347 g/mol. The number of nitrogens with zero attached hydrogens (tertiary/aromatic N) is 1. The topological polar surface area (TPSA) is 88.8 Å². The predicted molar refractivity (Wildman–Crippen MR) is 93.3 cm³/mol. The van der Waals surface area contributed by atoms with Gasteiger partial charge in [0.1, 0.15) is 11.8 Å². The molecule has 0 radical (unpaired) electrons. The van der Waals surface area contributed by atoms with E-state index in [-0.39, 0.29) is 5.84 Å². The summed E-state index contributed by atoms with van der Waals surface area (Å²) in [5, 5.41) is 23.7. The van der Waals surface area contributed by atoms with E-state index in [4.69, 9.17) is 28.6 Å². The first-order valence-corrected chi connectivity index (χ1v) is 7.87. The van der Waals surface area contributed by atoms with Gasteiger partial charge in [-0.25, -0.2) is 0 Å². The third kappa shape index (κ3) is 2.94. The molecule has 0 aliphatic carbocycles. The predicted octanol–water partition coefficient (Wildman–Crippen LogP) is 3.74. The zero-order valence-corrected chi connectivity index (χ0v) is 13.8. The summed E-state index contributed by atoms with van der Waals surface area (Å²) >= 11 is 11.8. The van der Waals surface area contributed by atoms with Crippen LogP contribution >= 0.6 is 23.2 Å². The van der Waals surface area contributed by atoms with Crippen molar-refractivity contribution in [3.63, 3.8) is 0 Å². The van der Waals surface area contributed by atoms with Crippen LogP contribution in [0.2, 0.25) is 10.0 Å². The van der Waals surface area contributed by atoms with Gasteiger partial charge in [0, 0.05) is 11.3 Å². The zero-order valence-electron chi connectivity index (χ0n) is 12.3. The van der Waals surface area contributed by atoms with Crippen molar-refractivity contribution in [2.24, 2.45) is 5.92 Å². The van der Waals surface area contributed by atoms with Gasteiger partial charge in [0.05, 0.1) is 22.2 Å². The maximum Gasteiger partial charge on any atom is 0.244 e. The summed E-state index contributed by atoms with van der Waals surface area (Å²) in [5.41, 5.74) is 1.92. The third-order valence-electron chi connectivity index (χ3n) is 3.81. The number of anilines is 1. The summed E-state index contributed by atoms with van der Waals surface area (Å²) in [6, 6.07) is 13.4. The SMILES string of the molecule is N#CC(C(=O)Nc1ccc(Cl)c(Cl)c1)C1NC(=N)c2ccccc21. The molecule has 24 heavy (non-hydrogen) atoms. The van der Waals surface area contributed by atoms with E-state index in [0.717, 1.165) is 5.56 Å². The Morgan fingerprint density at radius 3 is 2.71 bits per heavy atom. The Morgan fingerprint density at radius 2 is 2.00 bits per heavy atom. The minimum atomic E-state index is -0.997. The van der Waals surface area contributed by atoms with Crippen molar-refractivity contribution in [1.29, 1.82) is 10.7 Å². The highest BCUT2D eigenvalue weighted by atomic mass is 35.5. The molecule has 0 spiro atoms. The van der Waals surface area contributed by atoms with E-state index >= 15 is 0 Å². The highest BCUT2D eigenvalue weighted by Crippen LogP contribution is 2.32. The number of amides is 1. The van der Waals surface area contributed by atoms with Crippen LogP contribution in [0.25, 0.3) is 0 Å². The van der Waals surface area contributed by atoms with Gasteiger partial charge in [0.2, 0.25) is 5.91 Å². The maximum atomic E-state index is 12.5. The van der Waals surface area contributed by atoms with Crippen molar-refractivity contribution < 1.29 is 4.79 Å². The number of rotatable bonds is 3. The monoisotopic (exact) mass is 358 g/mol. The van der Waals surface area contributed by atoms with E-state index in [1.807, 2.05) is 24.3 Å². The van der Waals surface area contributed by atoms with E-state index in [0.29, 0.717) is 21.3 Å². The lowest BCUT2D eigenvalue weighted by Crippen LogP contribution is -2.33. The molecule has 7 heteroatoms. The lowest BCUT2D eigenvalue weighted by atomic mass is 9.93. The summed E-state index contributed by atoms with van der Waals surface area (Å²) < 4.78 is 0. The molecule has 2 unspecified atom stereocenters. The summed E-state index contributed by atoms with van der Waals surface area (Å²) in [6.45, 7) is 0. The molecule has 1 aliphatic heterocycles. The molecule has 2 atom stereocenters. The van der Waals surface area contributed by atoms with Crippen LogP contribution in [-0.4, -0.2) is 11.7 Å². The third-order valence-corrected chi connectivity index (χ3v) is 4.55. The number of hydrogen-bond donors (Lipinski definition) is 3. The van der Waals surface area contributed by atoms with Gasteiger partial charge in [0.25, 0.3) is 0 Å². The van der Waals surface area contributed by atoms with E-state index in [9.17, 15) is 10.1 Å². The molecular formula is C17H12Cl2N4O. The molecule has 1 aliphatic rings. The van der Waals surface area contributed by atoms with E-state index < -0.39 is 17.9 Å². The van der Waals surface area contributed by atoms with Gasteiger partial charge in [-0.3, -0.25) is 10.2 Å². The first-order valence-electron chi connectivity index (χ1n) is 7.11. The number of nitriles is 1. The lowest BCUT2D eigenvalue weighted by Gasteiger charge is -2.18. The Labute approximate surface area is 148 Å². The number of halogens is 2. The number of hydrogen-bond acceptors (Lipinski definition) is 3. The number of benzene rings is 2. The first-order chi connectivity index (χ1) is 11.5. The summed E-state index contributed by atoms with van der Waals surface area (Å²) in [7, 11) is 0. The van der Waals surface area contributed by atoms with Crippen LogP contribution < -0.4 is 10.6 Å². The van der Waals surface area contributed by atoms with Gasteiger partial charge in [-0.15, -0.1) is 0 Å². The van der Waals surface area contributed by atoms with E-state index in [2.05, 4.69) is 10.6 Å². The quantitative estimate of drug-likeness (QED) is 0.780. The van der Waals surface area contributed by atoms with Gasteiger partial charge in [0.15, 0.2) is 0 Å². The average Bonchev–Trinajstić information content (AvgIpc) is 2.89. The Kier molecular flexibility index (Phi) is 4.43. The molecule has 0 saturated carbocycles. The van der Waals surface area contributed by atoms with Crippen molar-refractivity contribution in [2.45, 2.75) is 6.04 Å². The lowest BCUT2D eigenvalue weighted by molar-refractivity contribution is -0.119. The maximum absolute atomic E-state index is 12.5. The average molecular weight is 359 g/mol. The number of amidine groups is 1. The second kappa shape index (κ2) is 6.52. The van der Waals surface area contributed by atoms with Gasteiger partial charge in [-0.1, -0.05) is 47.5 Å². The Hall–Kier alpha value is -2.55. The molecule has 2 aromatic carbocycles. The number of carbonyl (C=O) groups excluding carboxylic acids is 1. The number of carbonyl (C=O) groups is 1. The molecule has 0 aromatic heterocycles. The highest BCUT2D eigenvalue weighted by molar-refractivity contribution is 6.42. The summed E-state index contributed by atoms with van der Waals surface area (Å²) in [5.74, 6) is -1.26. The molecule has 1 amide bonds. The summed E-state index contributed by atoms with van der Waals surface area (Å²) in [4.78, 5) is 12.5. The van der Waals surface area contributed by atoms with Crippen molar-refractivity contribution in [1.82, 2.24) is 5.32 Å². The minimum Gasteiger partial charge on any atom is -0.361 e. The molecule has 0 saturated heterocycles. The number of fused-ring (bicyclic) bond motifs is 1. The van der Waals surface area contributed by atoms with Crippen LogP contribution in [0.15, 0.2) is 42.5 Å². The fourth-order valence-electron chi connectivity index (χ4n) is 2.65. The van der Waals surface area contributed by atoms with Crippen LogP contribution in [0.5, 0.6) is 0 Å². The van der Waals surface area contributed by atoms with Crippen LogP contribution in [-0.2, 0) is 4.79 Å². The van der Waals surface area contributed by atoms with Gasteiger partial charge >= 0.3 is 0 Å². The van der Waals surface area contributed by atoms with Crippen LogP contribution in [0.1, 0.15) is 17.2 Å². The molecule has 1 heterocycles. The van der Waals surface area contributed by atoms with Gasteiger partial charge in [-0.05, 0) is 23.8 Å². The second-order valence-electron chi connectivity index (χ2n) is 5.31. The fraction of sp³-hybridized carbons (Fsp3) is 0.118.